The van der Waals surface area contributed by atoms with E-state index in [1.165, 1.54) is 22.0 Å². The van der Waals surface area contributed by atoms with E-state index in [1.807, 2.05) is 13.8 Å². The average molecular weight is 443 g/mol. The number of carbonyl (C=O) groups is 2. The van der Waals surface area contributed by atoms with E-state index >= 15 is 0 Å². The molecule has 0 radical (unpaired) electrons. The zero-order valence-corrected chi connectivity index (χ0v) is 18.1. The first-order valence-corrected chi connectivity index (χ1v) is 10.1. The fourth-order valence-electron chi connectivity index (χ4n) is 3.26. The number of nitrogens with zero attached hydrogens (tertiary/aromatic N) is 4. The third-order valence-electron chi connectivity index (χ3n) is 4.93. The summed E-state index contributed by atoms with van der Waals surface area (Å²) in [5.74, 6) is 10.5. The zero-order valence-electron chi connectivity index (χ0n) is 18.1. The summed E-state index contributed by atoms with van der Waals surface area (Å²) < 4.78 is 19.6. The Bertz CT molecular complexity index is 1060. The van der Waals surface area contributed by atoms with Crippen molar-refractivity contribution >= 4 is 23.7 Å². The number of rotatable bonds is 5. The summed E-state index contributed by atoms with van der Waals surface area (Å²) in [5, 5.41) is 7.62. The van der Waals surface area contributed by atoms with Crippen molar-refractivity contribution in [1.82, 2.24) is 14.9 Å². The van der Waals surface area contributed by atoms with Crippen molar-refractivity contribution in [1.29, 1.82) is 0 Å². The van der Waals surface area contributed by atoms with Crippen LogP contribution in [0.1, 0.15) is 48.0 Å². The van der Waals surface area contributed by atoms with Gasteiger partial charge in [-0.05, 0) is 56.2 Å². The molecule has 11 heteroatoms. The van der Waals surface area contributed by atoms with Crippen LogP contribution in [0.5, 0.6) is 0 Å². The maximum atomic E-state index is 14.7. The topological polar surface area (TPSA) is 139 Å². The van der Waals surface area contributed by atoms with Crippen LogP contribution in [0, 0.1) is 5.82 Å². The average Bonchev–Trinajstić information content (AvgIpc) is 3.17. The summed E-state index contributed by atoms with van der Waals surface area (Å²) >= 11 is 0. The fourth-order valence-corrected chi connectivity index (χ4v) is 3.26. The molecule has 5 N–H and O–H groups in total. The normalized spacial score (nSPS) is 13.2. The number of hydrogen-bond acceptors (Lipinski definition) is 7. The molecular formula is C21H26FN7O3. The molecule has 170 valence electrons. The third kappa shape index (κ3) is 4.78. The maximum Gasteiger partial charge on any atom is 0.410 e. The summed E-state index contributed by atoms with van der Waals surface area (Å²) in [5.41, 5.74) is 1.50. The minimum absolute atomic E-state index is 0.0907. The quantitative estimate of drug-likeness (QED) is 0.278. The SMILES string of the molecule is CCOC(=O)N1Cc2cc(F)c(C(=O)Nc3cccc(/C(=N/N)N(N)C(C)C)n3)cc2C1. The molecule has 0 saturated heterocycles. The van der Waals surface area contributed by atoms with Crippen LogP contribution in [0.2, 0.25) is 0 Å². The molecular weight excluding hydrogens is 417 g/mol. The lowest BCUT2D eigenvalue weighted by Crippen LogP contribution is -2.44. The first-order chi connectivity index (χ1) is 15.2. The van der Waals surface area contributed by atoms with Crippen molar-refractivity contribution in [3.63, 3.8) is 0 Å². The van der Waals surface area contributed by atoms with Crippen LogP contribution in [-0.4, -0.2) is 45.4 Å². The minimum Gasteiger partial charge on any atom is -0.450 e. The first kappa shape index (κ1) is 22.9. The Morgan fingerprint density at radius 1 is 1.31 bits per heavy atom. The van der Waals surface area contributed by atoms with E-state index < -0.39 is 17.8 Å². The number of hydrazone groups is 1. The molecule has 0 unspecified atom stereocenters. The van der Waals surface area contributed by atoms with Crippen molar-refractivity contribution < 1.29 is 18.7 Å². The van der Waals surface area contributed by atoms with Crippen LogP contribution in [0.25, 0.3) is 0 Å². The highest BCUT2D eigenvalue weighted by Crippen LogP contribution is 2.27. The molecule has 10 nitrogen and oxygen atoms in total. The number of carbonyl (C=O) groups excluding carboxylic acids is 2. The predicted molar refractivity (Wildman–Crippen MR) is 117 cm³/mol. The molecule has 2 aromatic rings. The predicted octanol–water partition coefficient (Wildman–Crippen LogP) is 2.15. The van der Waals surface area contributed by atoms with Crippen LogP contribution in [0.15, 0.2) is 35.4 Å². The summed E-state index contributed by atoms with van der Waals surface area (Å²) in [6, 6.07) is 7.46. The second-order valence-electron chi connectivity index (χ2n) is 7.47. The highest BCUT2D eigenvalue weighted by Gasteiger charge is 2.27. The number of pyridine rings is 1. The van der Waals surface area contributed by atoms with Gasteiger partial charge in [0.05, 0.1) is 12.2 Å². The summed E-state index contributed by atoms with van der Waals surface area (Å²) in [4.78, 5) is 30.5. The summed E-state index contributed by atoms with van der Waals surface area (Å²) in [6.45, 7) is 6.13. The summed E-state index contributed by atoms with van der Waals surface area (Å²) in [6.07, 6.45) is -0.483. The third-order valence-corrected chi connectivity index (χ3v) is 4.93. The monoisotopic (exact) mass is 443 g/mol. The molecule has 3 rings (SSSR count). The molecule has 2 heterocycles. The molecule has 1 aliphatic heterocycles. The second kappa shape index (κ2) is 9.60. The van der Waals surface area contributed by atoms with Crippen molar-refractivity contribution in [2.24, 2.45) is 16.8 Å². The number of halogens is 1. The number of aromatic nitrogens is 1. The number of hydrazine groups is 1. The molecule has 2 amide bonds. The molecule has 32 heavy (non-hydrogen) atoms. The largest absolute Gasteiger partial charge is 0.450 e. The Kier molecular flexibility index (Phi) is 6.89. The molecule has 0 fully saturated rings. The van der Waals surface area contributed by atoms with Crippen LogP contribution in [0.4, 0.5) is 15.0 Å². The van der Waals surface area contributed by atoms with Crippen LogP contribution in [-0.2, 0) is 17.8 Å². The highest BCUT2D eigenvalue weighted by atomic mass is 19.1. The molecule has 0 spiro atoms. The lowest BCUT2D eigenvalue weighted by molar-refractivity contribution is 0.102. The van der Waals surface area contributed by atoms with Gasteiger partial charge in [0.15, 0.2) is 5.84 Å². The fraction of sp³-hybridized carbons (Fsp3) is 0.333. The van der Waals surface area contributed by atoms with E-state index in [4.69, 9.17) is 16.4 Å². The van der Waals surface area contributed by atoms with Gasteiger partial charge in [-0.25, -0.2) is 20.0 Å². The van der Waals surface area contributed by atoms with Crippen molar-refractivity contribution in [3.05, 3.63) is 58.5 Å². The summed E-state index contributed by atoms with van der Waals surface area (Å²) in [7, 11) is 0. The van der Waals surface area contributed by atoms with Gasteiger partial charge in [0.2, 0.25) is 0 Å². The molecule has 0 saturated carbocycles. The Morgan fingerprint density at radius 3 is 2.62 bits per heavy atom. The Labute approximate surface area is 185 Å². The van der Waals surface area contributed by atoms with Gasteiger partial charge in [-0.3, -0.25) is 14.7 Å². The standard InChI is InChI=1S/C21H26FN7O3/c1-4-32-21(31)28-10-13-8-15(16(22)9-14(13)11-28)20(30)26-18-7-5-6-17(25-18)19(27-23)29(24)12(2)3/h5-9,12H,4,10-11,23-24H2,1-3H3,(H,25,26,30)/b27-19-. The minimum atomic E-state index is -0.694. The van der Waals surface area contributed by atoms with Gasteiger partial charge >= 0.3 is 6.09 Å². The van der Waals surface area contributed by atoms with E-state index in [1.54, 1.807) is 25.1 Å². The number of amidine groups is 1. The van der Waals surface area contributed by atoms with Gasteiger partial charge in [0.1, 0.15) is 17.3 Å². The van der Waals surface area contributed by atoms with Gasteiger partial charge in [0.25, 0.3) is 5.91 Å². The number of benzene rings is 1. The van der Waals surface area contributed by atoms with E-state index in [0.717, 1.165) is 0 Å². The van der Waals surface area contributed by atoms with Crippen LogP contribution in [0.3, 0.4) is 0 Å². The van der Waals surface area contributed by atoms with E-state index in [0.29, 0.717) is 16.8 Å². The van der Waals surface area contributed by atoms with Crippen molar-refractivity contribution in [3.8, 4) is 0 Å². The molecule has 1 aromatic heterocycles. The maximum absolute atomic E-state index is 14.7. The number of anilines is 1. The molecule has 1 aliphatic rings. The Balaban J connectivity index is 1.79. The van der Waals surface area contributed by atoms with E-state index in [2.05, 4.69) is 15.4 Å². The lowest BCUT2D eigenvalue weighted by Gasteiger charge is -2.23. The van der Waals surface area contributed by atoms with Crippen LogP contribution < -0.4 is 17.0 Å². The lowest BCUT2D eigenvalue weighted by atomic mass is 10.1. The first-order valence-electron chi connectivity index (χ1n) is 10.1. The Morgan fingerprint density at radius 2 is 2.00 bits per heavy atom. The molecule has 0 bridgehead atoms. The smallest absolute Gasteiger partial charge is 0.410 e. The number of fused-ring (bicyclic) bond motifs is 1. The number of nitrogens with two attached hydrogens (primary N) is 2. The molecule has 0 aliphatic carbocycles. The van der Waals surface area contributed by atoms with Gasteiger partial charge in [-0.1, -0.05) is 6.07 Å². The van der Waals surface area contributed by atoms with Crippen molar-refractivity contribution in [2.45, 2.75) is 39.9 Å². The van der Waals surface area contributed by atoms with Gasteiger partial charge in [-0.15, -0.1) is 0 Å². The van der Waals surface area contributed by atoms with Gasteiger partial charge < -0.3 is 15.9 Å². The van der Waals surface area contributed by atoms with Gasteiger partial charge in [-0.2, -0.15) is 5.10 Å². The Hall–Kier alpha value is -3.73. The highest BCUT2D eigenvalue weighted by molar-refractivity contribution is 6.04. The molecule has 1 aromatic carbocycles. The number of ether oxygens (including phenoxy) is 1. The number of hydrogen-bond donors (Lipinski definition) is 3. The van der Waals surface area contributed by atoms with E-state index in [9.17, 15) is 14.0 Å². The number of amides is 2. The zero-order chi connectivity index (χ0) is 23.4. The second-order valence-corrected chi connectivity index (χ2v) is 7.47. The van der Waals surface area contributed by atoms with Crippen LogP contribution >= 0.6 is 0 Å². The van der Waals surface area contributed by atoms with E-state index in [-0.39, 0.29) is 43.0 Å². The van der Waals surface area contributed by atoms with Crippen molar-refractivity contribution in [2.75, 3.05) is 11.9 Å². The molecule has 0 atom stereocenters. The number of nitrogens with one attached hydrogen (secondary N) is 1. The van der Waals surface area contributed by atoms with Gasteiger partial charge in [0, 0.05) is 19.1 Å².